The molecule has 0 radical (unpaired) electrons. The maximum atomic E-state index is 8.88. The molecule has 0 aliphatic rings. The summed E-state index contributed by atoms with van der Waals surface area (Å²) in [5.41, 5.74) is 0. The first kappa shape index (κ1) is 11.9. The summed E-state index contributed by atoms with van der Waals surface area (Å²) >= 11 is 1.97. The molecule has 0 aromatic carbocycles. The van der Waals surface area contributed by atoms with Crippen molar-refractivity contribution in [3.63, 3.8) is 0 Å². The molecule has 0 bridgehead atoms. The number of hydrogen-bond donors (Lipinski definition) is 3. The molecule has 0 atom stereocenters. The van der Waals surface area contributed by atoms with E-state index in [1.807, 2.05) is 35.9 Å². The van der Waals surface area contributed by atoms with Gasteiger partial charge in [-0.05, 0) is 0 Å². The van der Waals surface area contributed by atoms with Gasteiger partial charge in [-0.2, -0.15) is 0 Å². The van der Waals surface area contributed by atoms with Crippen molar-refractivity contribution in [2.24, 2.45) is 0 Å². The van der Waals surface area contributed by atoms with Crippen LogP contribution in [0.5, 0.6) is 0 Å². The van der Waals surface area contributed by atoms with E-state index in [9.17, 15) is 0 Å². The Morgan fingerprint density at radius 2 is 1.83 bits per heavy atom. The Bertz CT molecular complexity index is 253. The average molecular weight is 183 g/mol. The van der Waals surface area contributed by atoms with Crippen LogP contribution in [0.3, 0.4) is 0 Å². The Morgan fingerprint density at radius 1 is 1.33 bits per heavy atom. The number of hydrogen-bond acceptors (Lipinski definition) is 2. The van der Waals surface area contributed by atoms with E-state index in [-0.39, 0.29) is 0 Å². The van der Waals surface area contributed by atoms with Crippen molar-refractivity contribution in [3.8, 4) is 0 Å². The normalized spacial score (nSPS) is 10.1. The first-order chi connectivity index (χ1) is 5.39. The molecule has 1 heterocycles. The van der Waals surface area contributed by atoms with E-state index in [0.29, 0.717) is 0 Å². The molecule has 0 aliphatic carbocycles. The third-order valence-electron chi connectivity index (χ3n) is 0.813. The molecule has 1 aromatic heterocycles. The predicted molar refractivity (Wildman–Crippen MR) is 43.9 cm³/mol. The molecule has 12 heavy (non-hydrogen) atoms. The number of aromatic nitrogens is 1. The zero-order chi connectivity index (χ0) is 9.61. The molecule has 0 amide bonds. The van der Waals surface area contributed by atoms with Gasteiger partial charge in [-0.3, -0.25) is 0 Å². The van der Waals surface area contributed by atoms with E-state index in [2.05, 4.69) is 4.98 Å². The van der Waals surface area contributed by atoms with Crippen molar-refractivity contribution < 1.29 is 19.2 Å². The van der Waals surface area contributed by atoms with Gasteiger partial charge in [-0.15, -0.1) is 0 Å². The number of rotatable bonds is 0. The van der Waals surface area contributed by atoms with E-state index >= 15 is 0 Å². The third-order valence-corrected chi connectivity index (χ3v) is 0.813. The summed E-state index contributed by atoms with van der Waals surface area (Å²) < 4.78 is 9.95. The monoisotopic (exact) mass is 183 g/mol. The summed E-state index contributed by atoms with van der Waals surface area (Å²) in [6.45, 7) is 0. The van der Waals surface area contributed by atoms with Gasteiger partial charge in [0.05, 0.1) is 0 Å². The van der Waals surface area contributed by atoms with Gasteiger partial charge in [0.25, 0.3) is 0 Å². The van der Waals surface area contributed by atoms with Crippen molar-refractivity contribution in [2.75, 3.05) is 0 Å². The van der Waals surface area contributed by atoms with Gasteiger partial charge in [0, 0.05) is 0 Å². The molecular formula is C5H7LiNO4P. The SMILES string of the molecule is O=P(O)(O)O.[Li][c]1ccccn1. The fraction of sp³-hybridized carbons (Fsp3) is 0. The molecule has 0 aliphatic heterocycles. The van der Waals surface area contributed by atoms with Gasteiger partial charge in [-0.25, -0.2) is 4.57 Å². The van der Waals surface area contributed by atoms with Crippen LogP contribution in [0.25, 0.3) is 0 Å². The predicted octanol–water partition coefficient (Wildman–Crippen LogP) is -1.05. The second kappa shape index (κ2) is 5.49. The van der Waals surface area contributed by atoms with E-state index in [0.717, 1.165) is 4.37 Å². The Kier molecular flexibility index (Phi) is 5.43. The zero-order valence-corrected chi connectivity index (χ0v) is 7.35. The van der Waals surface area contributed by atoms with Crippen LogP contribution in [-0.4, -0.2) is 37.4 Å². The summed E-state index contributed by atoms with van der Waals surface area (Å²) in [4.78, 5) is 25.5. The number of phosphoric acid groups is 1. The van der Waals surface area contributed by atoms with Crippen LogP contribution in [0, 0.1) is 0 Å². The molecule has 0 saturated carbocycles. The van der Waals surface area contributed by atoms with Crippen LogP contribution >= 0.6 is 7.82 Å². The second-order valence-electron chi connectivity index (χ2n) is 1.98. The molecule has 0 saturated heterocycles. The summed E-state index contributed by atoms with van der Waals surface area (Å²) in [5, 5.41) is 0. The number of pyridine rings is 1. The molecule has 1 aromatic rings. The Labute approximate surface area is 78.9 Å². The standard InChI is InChI=1S/C5H4N.Li.H3O4P/c1-2-4-6-5-3-1;;1-5(2,3)4/h1-4H;;(H3,1,2,3,4). The molecule has 0 fully saturated rings. The first-order valence-corrected chi connectivity index (χ1v) is 4.62. The Morgan fingerprint density at radius 3 is 2.00 bits per heavy atom. The Balaban J connectivity index is 0.000000217. The van der Waals surface area contributed by atoms with Crippen LogP contribution < -0.4 is 4.37 Å². The van der Waals surface area contributed by atoms with Gasteiger partial charge in [0.1, 0.15) is 0 Å². The molecular weight excluding hydrogens is 176 g/mol. The third kappa shape index (κ3) is 12.5. The zero-order valence-electron chi connectivity index (χ0n) is 6.45. The second-order valence-corrected chi connectivity index (χ2v) is 3.01. The van der Waals surface area contributed by atoms with E-state index in [4.69, 9.17) is 19.2 Å². The van der Waals surface area contributed by atoms with Gasteiger partial charge in [0.15, 0.2) is 0 Å². The molecule has 5 nitrogen and oxygen atoms in total. The molecule has 0 unspecified atom stereocenters. The molecule has 1 rings (SSSR count). The van der Waals surface area contributed by atoms with E-state index in [1.54, 1.807) is 6.20 Å². The van der Waals surface area contributed by atoms with Crippen molar-refractivity contribution in [1.82, 2.24) is 4.98 Å². The van der Waals surface area contributed by atoms with Crippen LogP contribution in [0.1, 0.15) is 0 Å². The molecule has 7 heteroatoms. The van der Waals surface area contributed by atoms with E-state index < -0.39 is 7.82 Å². The molecule has 0 spiro atoms. The van der Waals surface area contributed by atoms with Crippen LogP contribution in [0.4, 0.5) is 0 Å². The summed E-state index contributed by atoms with van der Waals surface area (Å²) in [7, 11) is -4.64. The minimum atomic E-state index is -4.64. The summed E-state index contributed by atoms with van der Waals surface area (Å²) in [6, 6.07) is 5.86. The summed E-state index contributed by atoms with van der Waals surface area (Å²) in [5.74, 6) is 0. The fourth-order valence-corrected chi connectivity index (χ4v) is 0.448. The topological polar surface area (TPSA) is 90.7 Å². The van der Waals surface area contributed by atoms with Crippen molar-refractivity contribution in [1.29, 1.82) is 0 Å². The van der Waals surface area contributed by atoms with Gasteiger partial charge >= 0.3 is 59.3 Å². The van der Waals surface area contributed by atoms with Gasteiger partial charge in [-0.1, -0.05) is 0 Å². The molecule has 62 valence electrons. The quantitative estimate of drug-likeness (QED) is 0.352. The minimum absolute atomic E-state index is 1.07. The Hall–Kier alpha value is -0.143. The van der Waals surface area contributed by atoms with E-state index in [1.165, 1.54) is 0 Å². The first-order valence-electron chi connectivity index (χ1n) is 3.05. The fourth-order valence-electron chi connectivity index (χ4n) is 0.448. The van der Waals surface area contributed by atoms with Crippen molar-refractivity contribution in [2.45, 2.75) is 0 Å². The van der Waals surface area contributed by atoms with Crippen LogP contribution in [0.15, 0.2) is 24.4 Å². The van der Waals surface area contributed by atoms with Crippen LogP contribution in [0.2, 0.25) is 0 Å². The van der Waals surface area contributed by atoms with Crippen LogP contribution in [-0.2, 0) is 4.57 Å². The summed E-state index contributed by atoms with van der Waals surface area (Å²) in [6.07, 6.45) is 1.79. The average Bonchev–Trinajstić information content (AvgIpc) is 1.85. The van der Waals surface area contributed by atoms with Gasteiger partial charge in [0.2, 0.25) is 0 Å². The van der Waals surface area contributed by atoms with Crippen molar-refractivity contribution >= 4 is 29.9 Å². The van der Waals surface area contributed by atoms with Crippen molar-refractivity contribution in [3.05, 3.63) is 24.4 Å². The van der Waals surface area contributed by atoms with Gasteiger partial charge < -0.3 is 14.7 Å². The molecule has 3 N–H and O–H groups in total. The number of nitrogens with zero attached hydrogens (tertiary/aromatic N) is 1. The maximum absolute atomic E-state index is 8.88.